The maximum atomic E-state index is 12.0. The highest BCUT2D eigenvalue weighted by molar-refractivity contribution is 5.79. The van der Waals surface area contributed by atoms with Crippen molar-refractivity contribution in [3.63, 3.8) is 0 Å². The quantitative estimate of drug-likeness (QED) is 0.911. The molecule has 1 unspecified atom stereocenters. The van der Waals surface area contributed by atoms with Gasteiger partial charge < -0.3 is 10.3 Å². The lowest BCUT2D eigenvalue weighted by Gasteiger charge is -2.34. The van der Waals surface area contributed by atoms with E-state index in [2.05, 4.69) is 40.3 Å². The van der Waals surface area contributed by atoms with Gasteiger partial charge >= 0.3 is 0 Å². The van der Waals surface area contributed by atoms with Crippen LogP contribution in [-0.4, -0.2) is 36.1 Å². The lowest BCUT2D eigenvalue weighted by molar-refractivity contribution is 0.169. The molecule has 1 aliphatic rings. The predicted molar refractivity (Wildman–Crippen MR) is 91.4 cm³/mol. The highest BCUT2D eigenvalue weighted by Gasteiger charge is 2.20. The van der Waals surface area contributed by atoms with E-state index >= 15 is 0 Å². The summed E-state index contributed by atoms with van der Waals surface area (Å²) in [5.74, 6) is 0. The summed E-state index contributed by atoms with van der Waals surface area (Å²) in [6.45, 7) is 8.54. The van der Waals surface area contributed by atoms with E-state index in [1.165, 1.54) is 5.56 Å². The molecule has 1 fully saturated rings. The van der Waals surface area contributed by atoms with Crippen LogP contribution in [0.1, 0.15) is 37.4 Å². The van der Waals surface area contributed by atoms with Gasteiger partial charge in [-0.2, -0.15) is 0 Å². The fourth-order valence-corrected chi connectivity index (χ4v) is 3.43. The number of benzene rings is 1. The number of rotatable bonds is 4. The second kappa shape index (κ2) is 6.63. The second-order valence-corrected chi connectivity index (χ2v) is 6.03. The van der Waals surface area contributed by atoms with Gasteiger partial charge in [-0.05, 0) is 35.9 Å². The molecule has 3 rings (SSSR count). The summed E-state index contributed by atoms with van der Waals surface area (Å²) in [5, 5.41) is 4.53. The number of hydrogen-bond donors (Lipinski definition) is 2. The number of nitrogens with one attached hydrogen (secondary N) is 2. The van der Waals surface area contributed by atoms with Gasteiger partial charge in [0.1, 0.15) is 0 Å². The van der Waals surface area contributed by atoms with Crippen molar-refractivity contribution in [1.82, 2.24) is 15.2 Å². The number of pyridine rings is 1. The maximum Gasteiger partial charge on any atom is 0.251 e. The minimum absolute atomic E-state index is 0.0439. The molecule has 0 radical (unpaired) electrons. The third kappa shape index (κ3) is 2.94. The number of hydrogen-bond acceptors (Lipinski definition) is 3. The molecule has 0 bridgehead atoms. The normalized spacial score (nSPS) is 17.7. The van der Waals surface area contributed by atoms with E-state index in [-0.39, 0.29) is 5.56 Å². The average molecular weight is 299 g/mol. The molecule has 4 heteroatoms. The Labute approximate surface area is 131 Å². The van der Waals surface area contributed by atoms with Crippen LogP contribution in [0.3, 0.4) is 0 Å². The molecular weight excluding hydrogens is 274 g/mol. The van der Waals surface area contributed by atoms with E-state index in [0.717, 1.165) is 55.5 Å². The van der Waals surface area contributed by atoms with Gasteiger partial charge in [-0.25, -0.2) is 0 Å². The van der Waals surface area contributed by atoms with Crippen molar-refractivity contribution >= 4 is 10.9 Å². The van der Waals surface area contributed by atoms with Crippen LogP contribution in [0.15, 0.2) is 29.1 Å². The monoisotopic (exact) mass is 299 g/mol. The summed E-state index contributed by atoms with van der Waals surface area (Å²) in [7, 11) is 0. The highest BCUT2D eigenvalue weighted by Crippen LogP contribution is 2.26. The van der Waals surface area contributed by atoms with Crippen LogP contribution >= 0.6 is 0 Å². The lowest BCUT2D eigenvalue weighted by Crippen LogP contribution is -2.45. The maximum absolute atomic E-state index is 12.0. The molecule has 1 saturated heterocycles. The third-order valence-corrected chi connectivity index (χ3v) is 4.69. The smallest absolute Gasteiger partial charge is 0.251 e. The average Bonchev–Trinajstić information content (AvgIpc) is 2.56. The molecule has 0 spiro atoms. The van der Waals surface area contributed by atoms with Crippen LogP contribution < -0.4 is 10.9 Å². The molecule has 2 heterocycles. The number of aromatic amines is 1. The summed E-state index contributed by atoms with van der Waals surface area (Å²) < 4.78 is 0. The molecule has 22 heavy (non-hydrogen) atoms. The van der Waals surface area contributed by atoms with Crippen LogP contribution in [0, 0.1) is 0 Å². The Kier molecular flexibility index (Phi) is 4.60. The molecule has 1 aromatic heterocycles. The van der Waals surface area contributed by atoms with Crippen molar-refractivity contribution in [3.05, 3.63) is 45.7 Å². The Hall–Kier alpha value is -1.65. The molecule has 0 amide bonds. The zero-order chi connectivity index (χ0) is 15.5. The number of aryl methyl sites for hydroxylation is 1. The van der Waals surface area contributed by atoms with Gasteiger partial charge in [-0.3, -0.25) is 9.69 Å². The van der Waals surface area contributed by atoms with Crippen LogP contribution in [0.2, 0.25) is 0 Å². The Bertz CT molecular complexity index is 701. The van der Waals surface area contributed by atoms with Crippen molar-refractivity contribution in [3.8, 4) is 0 Å². The Morgan fingerprint density at radius 1 is 1.18 bits per heavy atom. The fourth-order valence-electron chi connectivity index (χ4n) is 3.43. The van der Waals surface area contributed by atoms with E-state index < -0.39 is 0 Å². The zero-order valence-electron chi connectivity index (χ0n) is 13.5. The topological polar surface area (TPSA) is 48.1 Å². The molecular formula is C18H25N3O. The Balaban J connectivity index is 1.97. The Morgan fingerprint density at radius 3 is 2.64 bits per heavy atom. The number of H-pyrrole nitrogens is 1. The highest BCUT2D eigenvalue weighted by atomic mass is 16.1. The largest absolute Gasteiger partial charge is 0.322 e. The third-order valence-electron chi connectivity index (χ3n) is 4.69. The molecule has 1 aromatic carbocycles. The summed E-state index contributed by atoms with van der Waals surface area (Å²) in [6.07, 6.45) is 1.86. The minimum Gasteiger partial charge on any atom is -0.322 e. The number of piperazine rings is 1. The van der Waals surface area contributed by atoms with Crippen molar-refractivity contribution in [1.29, 1.82) is 0 Å². The van der Waals surface area contributed by atoms with Crippen molar-refractivity contribution in [2.45, 2.75) is 32.7 Å². The standard InChI is InChI=1S/C18H25N3O/c1-3-13-11-14-5-6-15(12-16(14)20-18(13)22)17(4-2)21-9-7-19-8-10-21/h5-6,11-12,17,19H,3-4,7-10H2,1-2H3,(H,20,22). The van der Waals surface area contributed by atoms with Gasteiger partial charge in [0.15, 0.2) is 0 Å². The van der Waals surface area contributed by atoms with Gasteiger partial charge in [0.2, 0.25) is 0 Å². The van der Waals surface area contributed by atoms with Crippen LogP contribution in [-0.2, 0) is 6.42 Å². The predicted octanol–water partition coefficient (Wildman–Crippen LogP) is 2.45. The van der Waals surface area contributed by atoms with E-state index in [1.54, 1.807) is 0 Å². The van der Waals surface area contributed by atoms with E-state index in [9.17, 15) is 4.79 Å². The van der Waals surface area contributed by atoms with Gasteiger partial charge in [0.05, 0.1) is 0 Å². The first-order chi connectivity index (χ1) is 10.7. The Morgan fingerprint density at radius 2 is 1.95 bits per heavy atom. The molecule has 4 nitrogen and oxygen atoms in total. The van der Waals surface area contributed by atoms with Gasteiger partial charge in [-0.1, -0.05) is 26.0 Å². The minimum atomic E-state index is 0.0439. The van der Waals surface area contributed by atoms with E-state index in [1.807, 2.05) is 13.0 Å². The fraction of sp³-hybridized carbons (Fsp3) is 0.500. The van der Waals surface area contributed by atoms with Crippen molar-refractivity contribution < 1.29 is 0 Å². The molecule has 2 aromatic rings. The first kappa shape index (κ1) is 15.3. The summed E-state index contributed by atoms with van der Waals surface area (Å²) >= 11 is 0. The number of nitrogens with zero attached hydrogens (tertiary/aromatic N) is 1. The van der Waals surface area contributed by atoms with Gasteiger partial charge in [-0.15, -0.1) is 0 Å². The van der Waals surface area contributed by atoms with Crippen LogP contribution in [0.4, 0.5) is 0 Å². The number of fused-ring (bicyclic) bond motifs is 1. The van der Waals surface area contributed by atoms with E-state index in [4.69, 9.17) is 0 Å². The molecule has 0 saturated carbocycles. The van der Waals surface area contributed by atoms with Gasteiger partial charge in [0.25, 0.3) is 5.56 Å². The zero-order valence-corrected chi connectivity index (χ0v) is 13.5. The van der Waals surface area contributed by atoms with Crippen molar-refractivity contribution in [2.75, 3.05) is 26.2 Å². The van der Waals surface area contributed by atoms with Crippen LogP contribution in [0.5, 0.6) is 0 Å². The van der Waals surface area contributed by atoms with E-state index in [0.29, 0.717) is 6.04 Å². The molecule has 118 valence electrons. The first-order valence-corrected chi connectivity index (χ1v) is 8.33. The molecule has 1 aliphatic heterocycles. The van der Waals surface area contributed by atoms with Gasteiger partial charge in [0, 0.05) is 43.3 Å². The molecule has 1 atom stereocenters. The number of aromatic nitrogens is 1. The van der Waals surface area contributed by atoms with Crippen molar-refractivity contribution in [2.24, 2.45) is 0 Å². The lowest BCUT2D eigenvalue weighted by atomic mass is 9.99. The molecule has 2 N–H and O–H groups in total. The summed E-state index contributed by atoms with van der Waals surface area (Å²) in [4.78, 5) is 17.6. The summed E-state index contributed by atoms with van der Waals surface area (Å²) in [5.41, 5.74) is 3.15. The van der Waals surface area contributed by atoms with Crippen LogP contribution in [0.25, 0.3) is 10.9 Å². The SMILES string of the molecule is CCc1cc2ccc(C(CC)N3CCNCC3)cc2[nH]c1=O. The second-order valence-electron chi connectivity index (χ2n) is 6.03. The summed E-state index contributed by atoms with van der Waals surface area (Å²) in [6, 6.07) is 8.97. The molecule has 0 aliphatic carbocycles. The first-order valence-electron chi connectivity index (χ1n) is 8.33.